The highest BCUT2D eigenvalue weighted by Gasteiger charge is 2.35. The maximum Gasteiger partial charge on any atom is 0.256 e. The second-order valence-electron chi connectivity index (χ2n) is 4.42. The first-order valence-electron chi connectivity index (χ1n) is 5.38. The van der Waals surface area contributed by atoms with Gasteiger partial charge in [-0.1, -0.05) is 0 Å². The van der Waals surface area contributed by atoms with Gasteiger partial charge in [0.1, 0.15) is 11.6 Å². The van der Waals surface area contributed by atoms with E-state index in [4.69, 9.17) is 10.4 Å². The minimum Gasteiger partial charge on any atom is -0.247 e. The molecular formula is C9H12N4O4S2. The van der Waals surface area contributed by atoms with Crippen LogP contribution in [0, 0.1) is 18.3 Å². The average molecular weight is 304 g/mol. The van der Waals surface area contributed by atoms with Crippen molar-refractivity contribution in [2.75, 3.05) is 11.5 Å². The molecule has 0 radical (unpaired) electrons. The molecule has 0 amide bonds. The number of aromatic nitrogens is 2. The molecule has 0 spiro atoms. The summed E-state index contributed by atoms with van der Waals surface area (Å²) in [6.45, 7) is 1.48. The number of nitrogens with two attached hydrogens (primary N) is 1. The Balaban J connectivity index is 2.64. The Hall–Kier alpha value is -1.44. The van der Waals surface area contributed by atoms with E-state index in [1.807, 2.05) is 0 Å². The van der Waals surface area contributed by atoms with Crippen LogP contribution < -0.4 is 5.14 Å². The van der Waals surface area contributed by atoms with Crippen LogP contribution in [0.1, 0.15) is 23.7 Å². The van der Waals surface area contributed by atoms with Crippen LogP contribution in [0.2, 0.25) is 0 Å². The molecule has 0 aromatic carbocycles. The predicted octanol–water partition coefficient (Wildman–Crippen LogP) is -0.930. The maximum atomic E-state index is 11.6. The van der Waals surface area contributed by atoms with E-state index in [1.54, 1.807) is 6.07 Å². The summed E-state index contributed by atoms with van der Waals surface area (Å²) in [6.07, 6.45) is 0.261. The highest BCUT2D eigenvalue weighted by molar-refractivity contribution is 7.91. The molecule has 1 fully saturated rings. The quantitative estimate of drug-likeness (QED) is 0.749. The molecule has 0 aliphatic carbocycles. The van der Waals surface area contributed by atoms with Gasteiger partial charge in [0.05, 0.1) is 23.2 Å². The summed E-state index contributed by atoms with van der Waals surface area (Å²) in [6, 6.07) is 1.15. The number of nitrogens with zero attached hydrogens (tertiary/aromatic N) is 3. The van der Waals surface area contributed by atoms with Crippen LogP contribution in [0.4, 0.5) is 0 Å². The van der Waals surface area contributed by atoms with Crippen molar-refractivity contribution in [2.45, 2.75) is 24.4 Å². The van der Waals surface area contributed by atoms with Gasteiger partial charge in [-0.15, -0.1) is 0 Å². The van der Waals surface area contributed by atoms with Gasteiger partial charge in [0, 0.05) is 0 Å². The lowest BCUT2D eigenvalue weighted by molar-refractivity contribution is 0.452. The molecule has 10 heteroatoms. The monoisotopic (exact) mass is 304 g/mol. The fourth-order valence-corrected chi connectivity index (χ4v) is 4.76. The minimum absolute atomic E-state index is 0.0253. The number of sulfone groups is 1. The Morgan fingerprint density at radius 1 is 1.53 bits per heavy atom. The van der Waals surface area contributed by atoms with E-state index in [0.717, 1.165) is 4.68 Å². The zero-order valence-corrected chi connectivity index (χ0v) is 11.7. The molecule has 104 valence electrons. The molecule has 8 nitrogen and oxygen atoms in total. The van der Waals surface area contributed by atoms with Gasteiger partial charge < -0.3 is 0 Å². The summed E-state index contributed by atoms with van der Waals surface area (Å²) in [5.41, 5.74) is 0.0858. The maximum absolute atomic E-state index is 11.6. The van der Waals surface area contributed by atoms with Gasteiger partial charge in [-0.3, -0.25) is 0 Å². The van der Waals surface area contributed by atoms with Crippen molar-refractivity contribution in [3.63, 3.8) is 0 Å². The van der Waals surface area contributed by atoms with Crippen molar-refractivity contribution in [1.29, 1.82) is 5.26 Å². The average Bonchev–Trinajstić information content (AvgIpc) is 2.77. The van der Waals surface area contributed by atoms with Crippen molar-refractivity contribution in [3.05, 3.63) is 11.3 Å². The van der Waals surface area contributed by atoms with Crippen LogP contribution in [0.5, 0.6) is 0 Å². The lowest BCUT2D eigenvalue weighted by Gasteiger charge is -2.11. The molecule has 1 aromatic heterocycles. The van der Waals surface area contributed by atoms with Crippen molar-refractivity contribution >= 4 is 19.9 Å². The van der Waals surface area contributed by atoms with Crippen molar-refractivity contribution in [2.24, 2.45) is 5.14 Å². The highest BCUT2D eigenvalue weighted by atomic mass is 32.2. The van der Waals surface area contributed by atoms with Gasteiger partial charge in [-0.25, -0.2) is 26.7 Å². The van der Waals surface area contributed by atoms with Gasteiger partial charge in [-0.2, -0.15) is 10.4 Å². The predicted molar refractivity (Wildman–Crippen MR) is 65.4 cm³/mol. The van der Waals surface area contributed by atoms with E-state index in [2.05, 4.69) is 5.10 Å². The molecule has 1 aromatic rings. The second-order valence-corrected chi connectivity index (χ2v) is 8.13. The van der Waals surface area contributed by atoms with Gasteiger partial charge in [-0.05, 0) is 13.3 Å². The highest BCUT2D eigenvalue weighted by Crippen LogP contribution is 2.28. The van der Waals surface area contributed by atoms with Crippen LogP contribution in [0.25, 0.3) is 0 Å². The number of hydrogen-bond donors (Lipinski definition) is 1. The molecule has 0 bridgehead atoms. The van der Waals surface area contributed by atoms with Crippen LogP contribution in [-0.2, 0) is 19.9 Å². The van der Waals surface area contributed by atoms with Crippen LogP contribution in [0.15, 0.2) is 5.03 Å². The number of nitriles is 1. The third-order valence-electron chi connectivity index (χ3n) is 2.98. The van der Waals surface area contributed by atoms with Crippen molar-refractivity contribution in [3.8, 4) is 6.07 Å². The van der Waals surface area contributed by atoms with E-state index in [1.165, 1.54) is 6.92 Å². The number of rotatable bonds is 2. The zero-order chi connectivity index (χ0) is 14.4. The van der Waals surface area contributed by atoms with Gasteiger partial charge in [0.15, 0.2) is 14.9 Å². The molecule has 0 saturated carbocycles. The van der Waals surface area contributed by atoms with Crippen LogP contribution in [-0.4, -0.2) is 38.1 Å². The molecule has 2 rings (SSSR count). The topological polar surface area (TPSA) is 136 Å². The second kappa shape index (κ2) is 4.29. The molecule has 19 heavy (non-hydrogen) atoms. The van der Waals surface area contributed by atoms with Crippen LogP contribution >= 0.6 is 0 Å². The van der Waals surface area contributed by atoms with E-state index in [-0.39, 0.29) is 29.2 Å². The van der Waals surface area contributed by atoms with Crippen LogP contribution in [0.3, 0.4) is 0 Å². The van der Waals surface area contributed by atoms with E-state index < -0.39 is 30.9 Å². The first-order valence-corrected chi connectivity index (χ1v) is 8.75. The standard InChI is InChI=1S/C9H12N4O4S2/c1-6-8(4-10)9(19(11,16)17)13(12-6)7-2-3-18(14,15)5-7/h7H,2-3,5H2,1H3,(H2,11,16,17). The smallest absolute Gasteiger partial charge is 0.247 e. The number of sulfonamides is 1. The lowest BCUT2D eigenvalue weighted by atomic mass is 10.2. The lowest BCUT2D eigenvalue weighted by Crippen LogP contribution is -2.22. The number of aryl methyl sites for hydroxylation is 1. The van der Waals surface area contributed by atoms with Gasteiger partial charge >= 0.3 is 0 Å². The minimum atomic E-state index is -4.15. The third-order valence-corrected chi connectivity index (χ3v) is 5.66. The fourth-order valence-electron chi connectivity index (χ4n) is 2.14. The molecule has 2 heterocycles. The normalized spacial score (nSPS) is 22.3. The Morgan fingerprint density at radius 3 is 2.58 bits per heavy atom. The molecule has 1 atom stereocenters. The summed E-state index contributed by atoms with van der Waals surface area (Å²) >= 11 is 0. The van der Waals surface area contributed by atoms with Gasteiger partial charge in [0.2, 0.25) is 0 Å². The molecule has 2 N–H and O–H groups in total. The molecule has 1 aliphatic heterocycles. The molecule has 1 saturated heterocycles. The molecule has 1 aliphatic rings. The van der Waals surface area contributed by atoms with Gasteiger partial charge in [0.25, 0.3) is 10.0 Å². The first-order chi connectivity index (χ1) is 8.65. The summed E-state index contributed by atoms with van der Waals surface area (Å²) < 4.78 is 47.1. The number of hydrogen-bond acceptors (Lipinski definition) is 6. The molecular weight excluding hydrogens is 292 g/mol. The van der Waals surface area contributed by atoms with Crippen molar-refractivity contribution in [1.82, 2.24) is 9.78 Å². The Labute approximate surface area is 110 Å². The first kappa shape index (κ1) is 14.0. The Morgan fingerprint density at radius 2 is 2.16 bits per heavy atom. The Kier molecular flexibility index (Phi) is 3.16. The fraction of sp³-hybridized carbons (Fsp3) is 0.556. The zero-order valence-electron chi connectivity index (χ0n) is 10.1. The summed E-state index contributed by atoms with van der Waals surface area (Å²) in [7, 11) is -7.34. The van der Waals surface area contributed by atoms with Crippen molar-refractivity contribution < 1.29 is 16.8 Å². The molecule has 1 unspecified atom stereocenters. The SMILES string of the molecule is Cc1nn(C2CCS(=O)(=O)C2)c(S(N)(=O)=O)c1C#N. The third kappa shape index (κ3) is 2.49. The Bertz CT molecular complexity index is 770. The largest absolute Gasteiger partial charge is 0.256 e. The summed E-state index contributed by atoms with van der Waals surface area (Å²) in [5.74, 6) is -0.218. The van der Waals surface area contributed by atoms with E-state index in [9.17, 15) is 16.8 Å². The van der Waals surface area contributed by atoms with E-state index >= 15 is 0 Å². The number of primary sulfonamides is 1. The van der Waals surface area contributed by atoms with E-state index in [0.29, 0.717) is 0 Å². The summed E-state index contributed by atoms with van der Waals surface area (Å²) in [4.78, 5) is 0. The summed E-state index contributed by atoms with van der Waals surface area (Å²) in [5, 5.41) is 17.6.